The lowest BCUT2D eigenvalue weighted by atomic mass is 9.89. The molecule has 0 fully saturated rings. The van der Waals surface area contributed by atoms with Crippen molar-refractivity contribution in [2.45, 2.75) is 25.7 Å². The molecule has 11 heteroatoms. The van der Waals surface area contributed by atoms with Crippen LogP contribution in [-0.2, 0) is 12.8 Å². The summed E-state index contributed by atoms with van der Waals surface area (Å²) >= 11 is 12.8. The first-order valence-corrected chi connectivity index (χ1v) is 11.2. The first-order chi connectivity index (χ1) is 16.4. The largest absolute Gasteiger partial charge is 0.434 e. The average molecular weight is 498 g/mol. The van der Waals surface area contributed by atoms with Gasteiger partial charge in [-0.1, -0.05) is 41.4 Å². The smallest absolute Gasteiger partial charge is 0.349 e. The summed E-state index contributed by atoms with van der Waals surface area (Å²) in [5.41, 5.74) is 2.32. The van der Waals surface area contributed by atoms with Crippen LogP contribution in [0.5, 0.6) is 11.6 Å². The van der Waals surface area contributed by atoms with Gasteiger partial charge >= 0.3 is 5.69 Å². The molecule has 34 heavy (non-hydrogen) atoms. The van der Waals surface area contributed by atoms with E-state index in [9.17, 15) is 14.4 Å². The molecule has 2 N–H and O–H groups in total. The Labute approximate surface area is 202 Å². The van der Waals surface area contributed by atoms with Gasteiger partial charge in [-0.25, -0.2) is 9.89 Å². The molecule has 4 aromatic rings. The molecule has 9 nitrogen and oxygen atoms in total. The SMILES string of the molecule is O=c1cc(-c2ccc3c(c2)CCCC3)c(Oc2c(Cl)cc(-n3ncc(=O)[nH]c3=O)cc2Cl)n[nH]1. The van der Waals surface area contributed by atoms with Crippen molar-refractivity contribution in [3.8, 4) is 28.4 Å². The minimum absolute atomic E-state index is 0.0757. The molecule has 0 atom stereocenters. The molecule has 0 unspecified atom stereocenters. The van der Waals surface area contributed by atoms with Crippen LogP contribution in [0.3, 0.4) is 0 Å². The van der Waals surface area contributed by atoms with E-state index in [2.05, 4.69) is 32.4 Å². The fourth-order valence-electron chi connectivity index (χ4n) is 3.98. The van der Waals surface area contributed by atoms with Gasteiger partial charge in [-0.3, -0.25) is 14.6 Å². The fourth-order valence-corrected chi connectivity index (χ4v) is 4.53. The summed E-state index contributed by atoms with van der Waals surface area (Å²) in [4.78, 5) is 37.5. The third-order valence-electron chi connectivity index (χ3n) is 5.57. The topological polar surface area (TPSA) is 123 Å². The molecule has 2 aromatic heterocycles. The minimum Gasteiger partial charge on any atom is -0.434 e. The second kappa shape index (κ2) is 8.92. The molecule has 0 saturated heterocycles. The zero-order valence-electron chi connectivity index (χ0n) is 17.6. The Kier molecular flexibility index (Phi) is 5.80. The van der Waals surface area contributed by atoms with E-state index in [-0.39, 0.29) is 32.9 Å². The van der Waals surface area contributed by atoms with E-state index in [0.717, 1.165) is 35.7 Å². The summed E-state index contributed by atoms with van der Waals surface area (Å²) in [5, 5.41) is 10.4. The number of aryl methyl sites for hydroxylation is 2. The van der Waals surface area contributed by atoms with Gasteiger partial charge in [0.1, 0.15) is 6.20 Å². The number of halogens is 2. The first-order valence-electron chi connectivity index (χ1n) is 10.5. The number of hydrogen-bond acceptors (Lipinski definition) is 6. The lowest BCUT2D eigenvalue weighted by molar-refractivity contribution is 0.456. The molecule has 0 radical (unpaired) electrons. The second-order valence-electron chi connectivity index (χ2n) is 7.83. The van der Waals surface area contributed by atoms with Crippen molar-refractivity contribution < 1.29 is 4.74 Å². The highest BCUT2D eigenvalue weighted by Gasteiger charge is 2.18. The van der Waals surface area contributed by atoms with Crippen molar-refractivity contribution in [3.05, 3.63) is 95.0 Å². The number of aromatic nitrogens is 5. The van der Waals surface area contributed by atoms with Crippen LogP contribution in [0.15, 0.2) is 57.0 Å². The number of H-pyrrole nitrogens is 2. The molecule has 5 rings (SSSR count). The number of aromatic amines is 2. The van der Waals surface area contributed by atoms with Crippen LogP contribution in [-0.4, -0.2) is 25.0 Å². The molecule has 1 aliphatic carbocycles. The van der Waals surface area contributed by atoms with Crippen LogP contribution in [0.1, 0.15) is 24.0 Å². The van der Waals surface area contributed by atoms with Gasteiger partial charge in [0, 0.05) is 6.07 Å². The first kappa shape index (κ1) is 22.1. The molecule has 0 saturated carbocycles. The van der Waals surface area contributed by atoms with Crippen LogP contribution in [0.4, 0.5) is 0 Å². The molecule has 0 bridgehead atoms. The maximum atomic E-state index is 12.1. The third-order valence-corrected chi connectivity index (χ3v) is 6.13. The summed E-state index contributed by atoms with van der Waals surface area (Å²) in [6, 6.07) is 10.3. The van der Waals surface area contributed by atoms with E-state index in [1.165, 1.54) is 35.7 Å². The zero-order valence-corrected chi connectivity index (χ0v) is 19.1. The van der Waals surface area contributed by atoms with Crippen LogP contribution >= 0.6 is 23.2 Å². The number of benzene rings is 2. The number of nitrogens with one attached hydrogen (secondary N) is 2. The lowest BCUT2D eigenvalue weighted by Gasteiger charge is -2.17. The van der Waals surface area contributed by atoms with Gasteiger partial charge in [-0.05, 0) is 54.5 Å². The molecular formula is C23H17Cl2N5O4. The summed E-state index contributed by atoms with van der Waals surface area (Å²) < 4.78 is 6.90. The van der Waals surface area contributed by atoms with E-state index >= 15 is 0 Å². The van der Waals surface area contributed by atoms with E-state index in [1.54, 1.807) is 0 Å². The lowest BCUT2D eigenvalue weighted by Crippen LogP contribution is -2.30. The van der Waals surface area contributed by atoms with Gasteiger partial charge < -0.3 is 4.74 Å². The van der Waals surface area contributed by atoms with Gasteiger partial charge in [-0.2, -0.15) is 9.78 Å². The minimum atomic E-state index is -0.745. The zero-order chi connectivity index (χ0) is 23.8. The summed E-state index contributed by atoms with van der Waals surface area (Å²) in [5.74, 6) is 0.203. The molecular weight excluding hydrogens is 481 g/mol. The molecule has 2 aromatic carbocycles. The number of rotatable bonds is 4. The third kappa shape index (κ3) is 4.27. The summed E-state index contributed by atoms with van der Waals surface area (Å²) in [6.45, 7) is 0. The van der Waals surface area contributed by atoms with Crippen molar-refractivity contribution in [2.75, 3.05) is 0 Å². The fraction of sp³-hybridized carbons (Fsp3) is 0.174. The maximum Gasteiger partial charge on any atom is 0.349 e. The van der Waals surface area contributed by atoms with Crippen molar-refractivity contribution >= 4 is 23.2 Å². The predicted octanol–water partition coefficient (Wildman–Crippen LogP) is 3.65. The van der Waals surface area contributed by atoms with Crippen LogP contribution < -0.4 is 21.5 Å². The van der Waals surface area contributed by atoms with E-state index in [0.29, 0.717) is 5.56 Å². The second-order valence-corrected chi connectivity index (χ2v) is 8.65. The maximum absolute atomic E-state index is 12.1. The molecule has 0 amide bonds. The monoisotopic (exact) mass is 497 g/mol. The Morgan fingerprint density at radius 2 is 1.65 bits per heavy atom. The van der Waals surface area contributed by atoms with Gasteiger partial charge in [0.25, 0.3) is 11.1 Å². The Balaban J connectivity index is 1.55. The molecule has 2 heterocycles. The summed E-state index contributed by atoms with van der Waals surface area (Å²) in [7, 11) is 0. The van der Waals surface area contributed by atoms with Crippen molar-refractivity contribution in [2.24, 2.45) is 0 Å². The normalized spacial score (nSPS) is 12.9. The van der Waals surface area contributed by atoms with Crippen LogP contribution in [0.25, 0.3) is 16.8 Å². The van der Waals surface area contributed by atoms with Crippen molar-refractivity contribution in [3.63, 3.8) is 0 Å². The van der Waals surface area contributed by atoms with E-state index in [1.807, 2.05) is 6.07 Å². The van der Waals surface area contributed by atoms with Crippen LogP contribution in [0, 0.1) is 0 Å². The summed E-state index contributed by atoms with van der Waals surface area (Å²) in [6.07, 6.45) is 5.27. The van der Waals surface area contributed by atoms with Gasteiger partial charge in [0.05, 0.1) is 21.3 Å². The molecule has 1 aliphatic rings. The highest BCUT2D eigenvalue weighted by atomic mass is 35.5. The van der Waals surface area contributed by atoms with Gasteiger partial charge in [0.15, 0.2) is 5.75 Å². The van der Waals surface area contributed by atoms with E-state index < -0.39 is 11.2 Å². The van der Waals surface area contributed by atoms with Crippen LogP contribution in [0.2, 0.25) is 10.0 Å². The average Bonchev–Trinajstić information content (AvgIpc) is 2.81. The standard InChI is InChI=1S/C23H17Cl2N5O4/c24-17-8-15(30-23(33)27-20(32)11-26-30)9-18(25)21(17)34-22-16(10-19(31)28-29-22)14-6-5-12-3-1-2-4-13(12)7-14/h5-11H,1-4H2,(H,28,31)(H,27,32,33). The van der Waals surface area contributed by atoms with Crippen molar-refractivity contribution in [1.29, 1.82) is 0 Å². The highest BCUT2D eigenvalue weighted by molar-refractivity contribution is 6.37. The number of nitrogens with zero attached hydrogens (tertiary/aromatic N) is 3. The number of hydrogen-bond donors (Lipinski definition) is 2. The Bertz CT molecular complexity index is 1570. The number of ether oxygens (including phenoxy) is 1. The highest BCUT2D eigenvalue weighted by Crippen LogP contribution is 2.40. The number of fused-ring (bicyclic) bond motifs is 1. The molecule has 0 spiro atoms. The van der Waals surface area contributed by atoms with E-state index in [4.69, 9.17) is 27.9 Å². The van der Waals surface area contributed by atoms with Crippen molar-refractivity contribution in [1.82, 2.24) is 25.0 Å². The Morgan fingerprint density at radius 1 is 0.912 bits per heavy atom. The van der Waals surface area contributed by atoms with Gasteiger partial charge in [-0.15, -0.1) is 5.10 Å². The van der Waals surface area contributed by atoms with Gasteiger partial charge in [0.2, 0.25) is 5.88 Å². The molecule has 172 valence electrons. The predicted molar refractivity (Wildman–Crippen MR) is 127 cm³/mol. The Hall–Kier alpha value is -3.69. The Morgan fingerprint density at radius 3 is 2.38 bits per heavy atom. The molecule has 0 aliphatic heterocycles. The quantitative estimate of drug-likeness (QED) is 0.443.